The Kier molecular flexibility index (Phi) is 6.03. The largest absolute Gasteiger partial charge is 0.508 e. The lowest BCUT2D eigenvalue weighted by atomic mass is 9.83. The van der Waals surface area contributed by atoms with E-state index in [0.29, 0.717) is 25.9 Å². The number of hydrogen-bond acceptors (Lipinski definition) is 7. The predicted molar refractivity (Wildman–Crippen MR) is 109 cm³/mol. The summed E-state index contributed by atoms with van der Waals surface area (Å²) in [5.41, 5.74) is 0.0943. The minimum Gasteiger partial charge on any atom is -0.508 e. The van der Waals surface area contributed by atoms with E-state index in [1.165, 1.54) is 24.3 Å². The quantitative estimate of drug-likeness (QED) is 0.483. The van der Waals surface area contributed by atoms with Crippen molar-refractivity contribution < 1.29 is 27.9 Å². The molecule has 0 spiro atoms. The number of likely N-dealkylation sites (tertiary alicyclic amines) is 1. The van der Waals surface area contributed by atoms with Crippen LogP contribution in [0.3, 0.4) is 0 Å². The van der Waals surface area contributed by atoms with Crippen molar-refractivity contribution in [2.24, 2.45) is 0 Å². The number of nitrogens with zero attached hydrogens (tertiary/aromatic N) is 1. The smallest absolute Gasteiger partial charge is 0.267 e. The monoisotopic (exact) mass is 421 g/mol. The second kappa shape index (κ2) is 8.04. The fraction of sp³-hybridized carbons (Fsp3) is 0.429. The second-order valence-electron chi connectivity index (χ2n) is 7.64. The van der Waals surface area contributed by atoms with Gasteiger partial charge in [-0.3, -0.25) is 4.90 Å². The van der Waals surface area contributed by atoms with Gasteiger partial charge < -0.3 is 15.3 Å². The molecule has 0 aromatic heterocycles. The van der Waals surface area contributed by atoms with Crippen molar-refractivity contribution in [1.82, 2.24) is 4.90 Å². The Hall–Kier alpha value is -1.97. The molecule has 2 aromatic carbocycles. The summed E-state index contributed by atoms with van der Waals surface area (Å²) < 4.78 is 28.9. The molecule has 0 amide bonds. The van der Waals surface area contributed by atoms with E-state index in [1.54, 1.807) is 6.92 Å². The summed E-state index contributed by atoms with van der Waals surface area (Å²) in [6.07, 6.45) is 1.76. The standard InChI is InChI=1S/C21H27NO6S/c1-16(21(25,28-29(2,26)27)18-8-10-19(23)11-9-18)22-14-12-20(24,13-15-22)17-6-4-3-5-7-17/h3-11,16,23-25H,12-15H2,1-2H3. The zero-order valence-corrected chi connectivity index (χ0v) is 17.3. The van der Waals surface area contributed by atoms with Gasteiger partial charge in [0.2, 0.25) is 5.79 Å². The van der Waals surface area contributed by atoms with Gasteiger partial charge in [-0.05, 0) is 49.6 Å². The van der Waals surface area contributed by atoms with E-state index in [-0.39, 0.29) is 11.3 Å². The number of benzene rings is 2. The Balaban J connectivity index is 1.84. The van der Waals surface area contributed by atoms with Gasteiger partial charge in [0.25, 0.3) is 10.1 Å². The summed E-state index contributed by atoms with van der Waals surface area (Å²) in [7, 11) is -3.98. The van der Waals surface area contributed by atoms with Crippen molar-refractivity contribution in [3.63, 3.8) is 0 Å². The van der Waals surface area contributed by atoms with Crippen LogP contribution in [-0.2, 0) is 25.7 Å². The van der Waals surface area contributed by atoms with Gasteiger partial charge in [-0.25, -0.2) is 4.18 Å². The Morgan fingerprint density at radius 2 is 1.62 bits per heavy atom. The lowest BCUT2D eigenvalue weighted by Gasteiger charge is -2.45. The molecule has 3 rings (SSSR count). The van der Waals surface area contributed by atoms with Crippen molar-refractivity contribution >= 4 is 10.1 Å². The van der Waals surface area contributed by atoms with Crippen LogP contribution in [0, 0.1) is 0 Å². The van der Waals surface area contributed by atoms with Crippen molar-refractivity contribution in [2.75, 3.05) is 19.3 Å². The molecule has 2 unspecified atom stereocenters. The van der Waals surface area contributed by atoms with Crippen molar-refractivity contribution in [1.29, 1.82) is 0 Å². The summed E-state index contributed by atoms with van der Waals surface area (Å²) in [4.78, 5) is 1.90. The van der Waals surface area contributed by atoms with Crippen LogP contribution in [0.25, 0.3) is 0 Å². The van der Waals surface area contributed by atoms with E-state index in [9.17, 15) is 23.7 Å². The predicted octanol–water partition coefficient (Wildman–Crippen LogP) is 1.89. The molecule has 2 atom stereocenters. The van der Waals surface area contributed by atoms with Gasteiger partial charge in [-0.15, -0.1) is 0 Å². The first-order valence-electron chi connectivity index (χ1n) is 9.48. The normalized spacial score (nSPS) is 20.7. The number of aliphatic hydroxyl groups is 2. The van der Waals surface area contributed by atoms with Gasteiger partial charge in [0.15, 0.2) is 0 Å². The van der Waals surface area contributed by atoms with Crippen LogP contribution in [0.15, 0.2) is 54.6 Å². The minimum absolute atomic E-state index is 0.00555. The molecule has 0 bridgehead atoms. The molecule has 0 radical (unpaired) electrons. The molecule has 1 fully saturated rings. The molecule has 8 heteroatoms. The summed E-state index contributed by atoms with van der Waals surface area (Å²) in [6, 6.07) is 14.3. The van der Waals surface area contributed by atoms with Crippen LogP contribution in [0.5, 0.6) is 5.75 Å². The van der Waals surface area contributed by atoms with Crippen LogP contribution in [0.1, 0.15) is 30.9 Å². The molecule has 7 nitrogen and oxygen atoms in total. The number of hydrogen-bond donors (Lipinski definition) is 3. The number of aromatic hydroxyl groups is 1. The number of phenolic OH excluding ortho intramolecular Hbond substituents is 1. The van der Waals surface area contributed by atoms with E-state index in [1.807, 2.05) is 35.2 Å². The van der Waals surface area contributed by atoms with Crippen molar-refractivity contribution in [3.8, 4) is 5.75 Å². The first kappa shape index (κ1) is 21.7. The van der Waals surface area contributed by atoms with Crippen LogP contribution in [-0.4, -0.2) is 54.0 Å². The molecule has 1 aliphatic rings. The Morgan fingerprint density at radius 3 is 2.14 bits per heavy atom. The van der Waals surface area contributed by atoms with Crippen LogP contribution in [0.2, 0.25) is 0 Å². The third kappa shape index (κ3) is 4.79. The summed E-state index contributed by atoms with van der Waals surface area (Å²) >= 11 is 0. The highest BCUT2D eigenvalue weighted by atomic mass is 32.2. The fourth-order valence-corrected chi connectivity index (χ4v) is 4.55. The SMILES string of the molecule is CC(N1CCC(O)(c2ccccc2)CC1)C(O)(OS(C)(=O)=O)c1ccc(O)cc1. The minimum atomic E-state index is -3.98. The Labute approximate surface area is 171 Å². The maximum absolute atomic E-state index is 11.9. The topological polar surface area (TPSA) is 107 Å². The third-order valence-electron chi connectivity index (χ3n) is 5.61. The lowest BCUT2D eigenvalue weighted by molar-refractivity contribution is -0.195. The van der Waals surface area contributed by atoms with Gasteiger partial charge in [-0.2, -0.15) is 8.42 Å². The first-order chi connectivity index (χ1) is 13.5. The van der Waals surface area contributed by atoms with Crippen LogP contribution >= 0.6 is 0 Å². The molecular weight excluding hydrogens is 394 g/mol. The summed E-state index contributed by atoms with van der Waals surface area (Å²) in [5.74, 6) is -2.14. The van der Waals surface area contributed by atoms with Gasteiger partial charge in [-0.1, -0.05) is 30.3 Å². The van der Waals surface area contributed by atoms with Gasteiger partial charge in [0.05, 0.1) is 17.9 Å². The molecule has 0 aliphatic carbocycles. The highest BCUT2D eigenvalue weighted by Gasteiger charge is 2.46. The average Bonchev–Trinajstić information content (AvgIpc) is 2.68. The average molecular weight is 422 g/mol. The number of phenols is 1. The van der Waals surface area contributed by atoms with E-state index in [0.717, 1.165) is 11.8 Å². The molecule has 1 saturated heterocycles. The van der Waals surface area contributed by atoms with Crippen LogP contribution < -0.4 is 0 Å². The van der Waals surface area contributed by atoms with E-state index in [4.69, 9.17) is 4.18 Å². The lowest BCUT2D eigenvalue weighted by Crippen LogP contribution is -2.55. The van der Waals surface area contributed by atoms with E-state index < -0.39 is 27.5 Å². The van der Waals surface area contributed by atoms with Gasteiger partial charge >= 0.3 is 0 Å². The number of rotatable bonds is 6. The highest BCUT2D eigenvalue weighted by molar-refractivity contribution is 7.86. The maximum atomic E-state index is 11.9. The third-order valence-corrected chi connectivity index (χ3v) is 6.17. The zero-order valence-electron chi connectivity index (χ0n) is 16.5. The van der Waals surface area contributed by atoms with Crippen LogP contribution in [0.4, 0.5) is 0 Å². The van der Waals surface area contributed by atoms with Gasteiger partial charge in [0.1, 0.15) is 5.75 Å². The Bertz CT molecular complexity index is 923. The zero-order chi connectivity index (χ0) is 21.3. The summed E-state index contributed by atoms with van der Waals surface area (Å²) in [6.45, 7) is 2.57. The van der Waals surface area contributed by atoms with Crippen molar-refractivity contribution in [3.05, 3.63) is 65.7 Å². The Morgan fingerprint density at radius 1 is 1.07 bits per heavy atom. The van der Waals surface area contributed by atoms with Gasteiger partial charge in [0, 0.05) is 18.7 Å². The first-order valence-corrected chi connectivity index (χ1v) is 11.3. The second-order valence-corrected chi connectivity index (χ2v) is 9.22. The van der Waals surface area contributed by atoms with E-state index in [2.05, 4.69) is 0 Å². The maximum Gasteiger partial charge on any atom is 0.267 e. The molecule has 3 N–H and O–H groups in total. The molecule has 1 aliphatic heterocycles. The molecule has 1 heterocycles. The molecule has 0 saturated carbocycles. The summed E-state index contributed by atoms with van der Waals surface area (Å²) in [5, 5.41) is 31.9. The van der Waals surface area contributed by atoms with Crippen molar-refractivity contribution in [2.45, 2.75) is 37.2 Å². The van der Waals surface area contributed by atoms with E-state index >= 15 is 0 Å². The molecule has 29 heavy (non-hydrogen) atoms. The number of piperidine rings is 1. The molecule has 2 aromatic rings. The fourth-order valence-electron chi connectivity index (χ4n) is 3.86. The molecular formula is C21H27NO6S. The highest BCUT2D eigenvalue weighted by Crippen LogP contribution is 2.38. The molecule has 158 valence electrons.